The van der Waals surface area contributed by atoms with Crippen LogP contribution in [0.25, 0.3) is 0 Å². The highest BCUT2D eigenvalue weighted by Crippen LogP contribution is 2.34. The number of ether oxygens (including phenoxy) is 3. The van der Waals surface area contributed by atoms with Crippen LogP contribution in [0.3, 0.4) is 0 Å². The Labute approximate surface area is 114 Å². The van der Waals surface area contributed by atoms with Crippen LogP contribution in [-0.4, -0.2) is 32.7 Å². The summed E-state index contributed by atoms with van der Waals surface area (Å²) in [6.45, 7) is 1.22. The van der Waals surface area contributed by atoms with Crippen LogP contribution in [-0.2, 0) is 9.53 Å². The van der Waals surface area contributed by atoms with Crippen molar-refractivity contribution in [3.63, 3.8) is 0 Å². The van der Waals surface area contributed by atoms with E-state index in [9.17, 15) is 4.79 Å². The van der Waals surface area contributed by atoms with E-state index < -0.39 is 0 Å². The minimum atomic E-state index is -0.0292. The van der Waals surface area contributed by atoms with Gasteiger partial charge in [-0.15, -0.1) is 0 Å². The molecule has 1 saturated heterocycles. The van der Waals surface area contributed by atoms with Crippen molar-refractivity contribution in [1.29, 1.82) is 0 Å². The highest BCUT2D eigenvalue weighted by Gasteiger charge is 2.24. The fourth-order valence-corrected chi connectivity index (χ4v) is 2.30. The number of para-hydroxylation sites is 1. The predicted molar refractivity (Wildman–Crippen MR) is 70.1 cm³/mol. The van der Waals surface area contributed by atoms with Gasteiger partial charge < -0.3 is 14.2 Å². The third-order valence-corrected chi connectivity index (χ3v) is 3.52. The first-order valence-electron chi connectivity index (χ1n) is 5.78. The molecule has 1 aromatic rings. The molecule has 0 radical (unpaired) electrons. The van der Waals surface area contributed by atoms with E-state index in [2.05, 4.69) is 15.9 Å². The molecule has 0 aromatic heterocycles. The standard InChI is InChI=1S/C13H15BrO4/c1-16-12-4-2-3-10(14)13(12)18-8-11(15)9-5-6-17-7-9/h2-4,9H,5-8H2,1H3. The Morgan fingerprint density at radius 1 is 1.56 bits per heavy atom. The molecule has 1 heterocycles. The Bertz CT molecular complexity index is 427. The molecular weight excluding hydrogens is 300 g/mol. The molecule has 1 atom stereocenters. The van der Waals surface area contributed by atoms with Crippen LogP contribution >= 0.6 is 15.9 Å². The number of ketones is 1. The minimum Gasteiger partial charge on any atom is -0.493 e. The van der Waals surface area contributed by atoms with Crippen LogP contribution in [0.5, 0.6) is 11.5 Å². The molecule has 0 bridgehead atoms. The van der Waals surface area contributed by atoms with Gasteiger partial charge in [-0.2, -0.15) is 0 Å². The van der Waals surface area contributed by atoms with E-state index in [-0.39, 0.29) is 18.3 Å². The van der Waals surface area contributed by atoms with Gasteiger partial charge in [-0.1, -0.05) is 6.07 Å². The SMILES string of the molecule is COc1cccc(Br)c1OCC(=O)C1CCOC1. The van der Waals surface area contributed by atoms with Crippen molar-refractivity contribution < 1.29 is 19.0 Å². The molecule has 1 aromatic carbocycles. The van der Waals surface area contributed by atoms with Crippen molar-refractivity contribution in [3.8, 4) is 11.5 Å². The van der Waals surface area contributed by atoms with Crippen molar-refractivity contribution in [3.05, 3.63) is 22.7 Å². The van der Waals surface area contributed by atoms with Gasteiger partial charge in [0.15, 0.2) is 17.3 Å². The van der Waals surface area contributed by atoms with Crippen LogP contribution in [0.2, 0.25) is 0 Å². The molecule has 1 unspecified atom stereocenters. The predicted octanol–water partition coefficient (Wildman–Crippen LogP) is 2.44. The Balaban J connectivity index is 1.99. The zero-order chi connectivity index (χ0) is 13.0. The third-order valence-electron chi connectivity index (χ3n) is 2.89. The second kappa shape index (κ2) is 6.20. The monoisotopic (exact) mass is 314 g/mol. The van der Waals surface area contributed by atoms with Crippen molar-refractivity contribution in [1.82, 2.24) is 0 Å². The molecule has 0 spiro atoms. The summed E-state index contributed by atoms with van der Waals surface area (Å²) in [5.74, 6) is 1.22. The molecule has 1 aliphatic rings. The maximum absolute atomic E-state index is 11.9. The zero-order valence-electron chi connectivity index (χ0n) is 10.1. The second-order valence-electron chi connectivity index (χ2n) is 4.09. The molecule has 2 rings (SSSR count). The number of Topliss-reactive ketones (excluding diaryl/α,β-unsaturated/α-hetero) is 1. The van der Waals surface area contributed by atoms with E-state index in [0.717, 1.165) is 10.9 Å². The Morgan fingerprint density at radius 3 is 3.06 bits per heavy atom. The van der Waals surface area contributed by atoms with Gasteiger partial charge in [0.05, 0.1) is 18.2 Å². The summed E-state index contributed by atoms with van der Waals surface area (Å²) in [6.07, 6.45) is 0.787. The Hall–Kier alpha value is -1.07. The van der Waals surface area contributed by atoms with Crippen LogP contribution in [0, 0.1) is 5.92 Å². The number of rotatable bonds is 5. The molecular formula is C13H15BrO4. The van der Waals surface area contributed by atoms with E-state index in [0.29, 0.717) is 24.7 Å². The van der Waals surface area contributed by atoms with E-state index in [1.54, 1.807) is 13.2 Å². The normalized spacial score (nSPS) is 18.7. The number of hydrogen-bond donors (Lipinski definition) is 0. The van der Waals surface area contributed by atoms with Gasteiger partial charge in [0.1, 0.15) is 6.61 Å². The van der Waals surface area contributed by atoms with Gasteiger partial charge in [-0.3, -0.25) is 4.79 Å². The van der Waals surface area contributed by atoms with Crippen molar-refractivity contribution in [2.45, 2.75) is 6.42 Å². The number of methoxy groups -OCH3 is 1. The maximum atomic E-state index is 11.9. The lowest BCUT2D eigenvalue weighted by Crippen LogP contribution is -2.21. The number of carbonyl (C=O) groups excluding carboxylic acids is 1. The first kappa shape index (κ1) is 13.4. The summed E-state index contributed by atoms with van der Waals surface area (Å²) < 4.78 is 16.7. The molecule has 0 amide bonds. The first-order valence-corrected chi connectivity index (χ1v) is 6.57. The van der Waals surface area contributed by atoms with Crippen LogP contribution in [0.1, 0.15) is 6.42 Å². The molecule has 5 heteroatoms. The molecule has 0 aliphatic carbocycles. The molecule has 4 nitrogen and oxygen atoms in total. The summed E-state index contributed by atoms with van der Waals surface area (Å²) in [5.41, 5.74) is 0. The van der Waals surface area contributed by atoms with Gasteiger partial charge in [-0.25, -0.2) is 0 Å². The second-order valence-corrected chi connectivity index (χ2v) is 4.94. The molecule has 0 saturated carbocycles. The number of halogens is 1. The molecule has 0 N–H and O–H groups in total. The smallest absolute Gasteiger partial charge is 0.175 e. The summed E-state index contributed by atoms with van der Waals surface area (Å²) in [5, 5.41) is 0. The maximum Gasteiger partial charge on any atom is 0.175 e. The molecule has 1 aliphatic heterocycles. The highest BCUT2D eigenvalue weighted by molar-refractivity contribution is 9.10. The van der Waals surface area contributed by atoms with E-state index >= 15 is 0 Å². The third kappa shape index (κ3) is 3.03. The van der Waals surface area contributed by atoms with Gasteiger partial charge in [0.25, 0.3) is 0 Å². The lowest BCUT2D eigenvalue weighted by atomic mass is 10.0. The minimum absolute atomic E-state index is 0.0292. The number of benzene rings is 1. The van der Waals surface area contributed by atoms with Crippen LogP contribution in [0.4, 0.5) is 0 Å². The molecule has 18 heavy (non-hydrogen) atoms. The summed E-state index contributed by atoms with van der Waals surface area (Å²) >= 11 is 3.38. The lowest BCUT2D eigenvalue weighted by Gasteiger charge is -2.13. The molecule has 98 valence electrons. The first-order chi connectivity index (χ1) is 8.72. The Kier molecular flexibility index (Phi) is 4.60. The Morgan fingerprint density at radius 2 is 2.39 bits per heavy atom. The van der Waals surface area contributed by atoms with Crippen LogP contribution < -0.4 is 9.47 Å². The lowest BCUT2D eigenvalue weighted by molar-refractivity contribution is -0.124. The van der Waals surface area contributed by atoms with Gasteiger partial charge >= 0.3 is 0 Å². The van der Waals surface area contributed by atoms with Crippen molar-refractivity contribution >= 4 is 21.7 Å². The molecule has 1 fully saturated rings. The average Bonchev–Trinajstić information content (AvgIpc) is 2.90. The van der Waals surface area contributed by atoms with Gasteiger partial charge in [0.2, 0.25) is 0 Å². The fraction of sp³-hybridized carbons (Fsp3) is 0.462. The summed E-state index contributed by atoms with van der Waals surface area (Å²) in [7, 11) is 1.57. The topological polar surface area (TPSA) is 44.8 Å². The largest absolute Gasteiger partial charge is 0.493 e. The quantitative estimate of drug-likeness (QED) is 0.837. The van der Waals surface area contributed by atoms with Crippen molar-refractivity contribution in [2.24, 2.45) is 5.92 Å². The summed E-state index contributed by atoms with van der Waals surface area (Å²) in [4.78, 5) is 11.9. The van der Waals surface area contributed by atoms with E-state index in [1.807, 2.05) is 12.1 Å². The van der Waals surface area contributed by atoms with Gasteiger partial charge in [0, 0.05) is 12.5 Å². The van der Waals surface area contributed by atoms with Gasteiger partial charge in [-0.05, 0) is 34.5 Å². The summed E-state index contributed by atoms with van der Waals surface area (Å²) in [6, 6.07) is 5.49. The fourth-order valence-electron chi connectivity index (χ4n) is 1.84. The van der Waals surface area contributed by atoms with Crippen molar-refractivity contribution in [2.75, 3.05) is 26.9 Å². The number of carbonyl (C=O) groups is 1. The average molecular weight is 315 g/mol. The number of hydrogen-bond acceptors (Lipinski definition) is 4. The zero-order valence-corrected chi connectivity index (χ0v) is 11.7. The van der Waals surface area contributed by atoms with E-state index in [1.165, 1.54) is 0 Å². The van der Waals surface area contributed by atoms with E-state index in [4.69, 9.17) is 14.2 Å². The van der Waals surface area contributed by atoms with Crippen LogP contribution in [0.15, 0.2) is 22.7 Å². The highest BCUT2D eigenvalue weighted by atomic mass is 79.9.